The number of rotatable bonds is 8. The standard InChI is InChI=1S/C28H35ClFN3O3/c1-31-16-18-33(19-17-31)27(35)20-28(21-36-24-9-7-23(29)8-10-24)12-14-32(15-13-28)26(34)11-6-22-4-2-3-5-25(22)30/h2-5,7-10H,6,11-21H2,1H3. The molecule has 4 rings (SSSR count). The third-order valence-corrected chi connectivity index (χ3v) is 7.74. The summed E-state index contributed by atoms with van der Waals surface area (Å²) in [7, 11) is 2.07. The second-order valence-corrected chi connectivity index (χ2v) is 10.5. The summed E-state index contributed by atoms with van der Waals surface area (Å²) in [4.78, 5) is 32.2. The van der Waals surface area contributed by atoms with Gasteiger partial charge in [-0.05, 0) is 62.2 Å². The Hall–Kier alpha value is -2.64. The van der Waals surface area contributed by atoms with Gasteiger partial charge in [-0.25, -0.2) is 4.39 Å². The van der Waals surface area contributed by atoms with E-state index >= 15 is 0 Å². The normalized spacial score (nSPS) is 18.2. The zero-order chi connectivity index (χ0) is 25.5. The van der Waals surface area contributed by atoms with Gasteiger partial charge in [-0.3, -0.25) is 9.59 Å². The van der Waals surface area contributed by atoms with Crippen LogP contribution < -0.4 is 4.74 Å². The number of likely N-dealkylation sites (N-methyl/N-ethyl adjacent to an activating group) is 1. The molecule has 0 bridgehead atoms. The van der Waals surface area contributed by atoms with Gasteiger partial charge in [-0.2, -0.15) is 0 Å². The Morgan fingerprint density at radius 1 is 0.917 bits per heavy atom. The first-order chi connectivity index (χ1) is 17.3. The molecule has 8 heteroatoms. The molecule has 2 aliphatic heterocycles. The van der Waals surface area contributed by atoms with Crippen LogP contribution in [0.5, 0.6) is 5.75 Å². The van der Waals surface area contributed by atoms with Gasteiger partial charge >= 0.3 is 0 Å². The van der Waals surface area contributed by atoms with Crippen molar-refractivity contribution >= 4 is 23.4 Å². The summed E-state index contributed by atoms with van der Waals surface area (Å²) in [6.45, 7) is 4.78. The molecule has 2 aliphatic rings. The lowest BCUT2D eigenvalue weighted by Gasteiger charge is -2.43. The highest BCUT2D eigenvalue weighted by atomic mass is 35.5. The van der Waals surface area contributed by atoms with Gasteiger partial charge in [0.15, 0.2) is 0 Å². The topological polar surface area (TPSA) is 53.1 Å². The third kappa shape index (κ3) is 6.98. The van der Waals surface area contributed by atoms with Crippen molar-refractivity contribution in [1.29, 1.82) is 0 Å². The van der Waals surface area contributed by atoms with Crippen molar-refractivity contribution in [2.24, 2.45) is 5.41 Å². The first-order valence-electron chi connectivity index (χ1n) is 12.7. The molecule has 194 valence electrons. The lowest BCUT2D eigenvalue weighted by atomic mass is 9.75. The molecule has 0 aliphatic carbocycles. The summed E-state index contributed by atoms with van der Waals surface area (Å²) in [6, 6.07) is 13.8. The molecule has 36 heavy (non-hydrogen) atoms. The number of carbonyl (C=O) groups is 2. The molecular weight excluding hydrogens is 481 g/mol. The number of piperidine rings is 1. The van der Waals surface area contributed by atoms with Crippen molar-refractivity contribution in [2.75, 3.05) is 52.9 Å². The van der Waals surface area contributed by atoms with Crippen LogP contribution in [0.25, 0.3) is 0 Å². The summed E-state index contributed by atoms with van der Waals surface area (Å²) >= 11 is 6.00. The van der Waals surface area contributed by atoms with Crippen LogP contribution >= 0.6 is 11.6 Å². The monoisotopic (exact) mass is 515 g/mol. The average molecular weight is 516 g/mol. The highest BCUT2D eigenvalue weighted by Crippen LogP contribution is 2.37. The summed E-state index contributed by atoms with van der Waals surface area (Å²) in [6.07, 6.45) is 2.43. The number of carbonyl (C=O) groups excluding carboxylic acids is 2. The van der Waals surface area contributed by atoms with Crippen LogP contribution in [-0.2, 0) is 16.0 Å². The van der Waals surface area contributed by atoms with E-state index in [-0.39, 0.29) is 29.5 Å². The van der Waals surface area contributed by atoms with Gasteiger partial charge in [0.1, 0.15) is 11.6 Å². The molecule has 0 radical (unpaired) electrons. The van der Waals surface area contributed by atoms with E-state index in [9.17, 15) is 14.0 Å². The molecule has 0 unspecified atom stereocenters. The van der Waals surface area contributed by atoms with Crippen LogP contribution in [-0.4, -0.2) is 79.4 Å². The van der Waals surface area contributed by atoms with Crippen molar-refractivity contribution in [3.8, 4) is 5.75 Å². The van der Waals surface area contributed by atoms with Crippen molar-refractivity contribution < 1.29 is 18.7 Å². The average Bonchev–Trinajstić information content (AvgIpc) is 2.88. The van der Waals surface area contributed by atoms with E-state index in [1.165, 1.54) is 6.07 Å². The molecule has 6 nitrogen and oxygen atoms in total. The lowest BCUT2D eigenvalue weighted by Crippen LogP contribution is -2.51. The van der Waals surface area contributed by atoms with Crippen LogP contribution in [0.3, 0.4) is 0 Å². The Balaban J connectivity index is 1.37. The summed E-state index contributed by atoms with van der Waals surface area (Å²) in [5, 5.41) is 0.643. The predicted molar refractivity (Wildman–Crippen MR) is 139 cm³/mol. The number of likely N-dealkylation sites (tertiary alicyclic amines) is 1. The van der Waals surface area contributed by atoms with Crippen LogP contribution in [0.4, 0.5) is 4.39 Å². The Morgan fingerprint density at radius 2 is 1.56 bits per heavy atom. The first-order valence-corrected chi connectivity index (χ1v) is 13.1. The summed E-state index contributed by atoms with van der Waals surface area (Å²) in [5.41, 5.74) is 0.217. The van der Waals surface area contributed by atoms with E-state index < -0.39 is 0 Å². The minimum atomic E-state index is -0.345. The van der Waals surface area contributed by atoms with Gasteiger partial charge in [0.25, 0.3) is 0 Å². The fraction of sp³-hybridized carbons (Fsp3) is 0.500. The quantitative estimate of drug-likeness (QED) is 0.527. The number of halogens is 2. The fourth-order valence-electron chi connectivity index (χ4n) is 4.96. The molecule has 2 fully saturated rings. The molecule has 0 spiro atoms. The predicted octanol–water partition coefficient (Wildman–Crippen LogP) is 4.26. The van der Waals surface area contributed by atoms with E-state index in [1.807, 2.05) is 21.9 Å². The number of amides is 2. The van der Waals surface area contributed by atoms with Crippen molar-refractivity contribution in [2.45, 2.75) is 32.1 Å². The summed E-state index contributed by atoms with van der Waals surface area (Å²) in [5.74, 6) is 0.622. The van der Waals surface area contributed by atoms with Gasteiger partial charge in [-0.15, -0.1) is 0 Å². The van der Waals surface area contributed by atoms with E-state index in [0.29, 0.717) is 61.7 Å². The molecule has 0 atom stereocenters. The van der Waals surface area contributed by atoms with E-state index in [0.717, 1.165) is 26.2 Å². The molecule has 2 amide bonds. The number of aryl methyl sites for hydroxylation is 1. The van der Waals surface area contributed by atoms with Crippen LogP contribution in [0, 0.1) is 11.2 Å². The Labute approximate surface area is 218 Å². The van der Waals surface area contributed by atoms with Crippen molar-refractivity contribution in [1.82, 2.24) is 14.7 Å². The maximum atomic E-state index is 13.9. The second kappa shape index (κ2) is 12.1. The molecule has 0 N–H and O–H groups in total. The minimum absolute atomic E-state index is 0.0240. The SMILES string of the molecule is CN1CCN(C(=O)CC2(COc3ccc(Cl)cc3)CCN(C(=O)CCc3ccccc3F)CC2)CC1. The van der Waals surface area contributed by atoms with Gasteiger partial charge in [0, 0.05) is 62.5 Å². The highest BCUT2D eigenvalue weighted by molar-refractivity contribution is 6.30. The number of nitrogens with zero attached hydrogens (tertiary/aromatic N) is 3. The molecule has 2 saturated heterocycles. The molecule has 2 aromatic rings. The Bertz CT molecular complexity index is 1030. The zero-order valence-corrected chi connectivity index (χ0v) is 21.7. The second-order valence-electron chi connectivity index (χ2n) is 10.1. The van der Waals surface area contributed by atoms with E-state index in [1.54, 1.807) is 30.3 Å². The van der Waals surface area contributed by atoms with Gasteiger partial charge in [0.05, 0.1) is 6.61 Å². The molecular formula is C28H35ClFN3O3. The largest absolute Gasteiger partial charge is 0.493 e. The van der Waals surface area contributed by atoms with E-state index in [4.69, 9.17) is 16.3 Å². The van der Waals surface area contributed by atoms with Gasteiger partial charge in [-0.1, -0.05) is 29.8 Å². The fourth-order valence-corrected chi connectivity index (χ4v) is 5.09. The minimum Gasteiger partial charge on any atom is -0.493 e. The first kappa shape index (κ1) is 26.4. The maximum Gasteiger partial charge on any atom is 0.223 e. The number of piperazine rings is 1. The molecule has 2 aromatic carbocycles. The number of hydrogen-bond acceptors (Lipinski definition) is 4. The van der Waals surface area contributed by atoms with E-state index in [2.05, 4.69) is 11.9 Å². The van der Waals surface area contributed by atoms with Crippen molar-refractivity contribution in [3.05, 3.63) is 64.9 Å². The smallest absolute Gasteiger partial charge is 0.223 e. The molecule has 0 saturated carbocycles. The van der Waals surface area contributed by atoms with Crippen LogP contribution in [0.1, 0.15) is 31.2 Å². The Morgan fingerprint density at radius 3 is 2.22 bits per heavy atom. The van der Waals surface area contributed by atoms with Gasteiger partial charge < -0.3 is 19.4 Å². The number of benzene rings is 2. The molecule has 2 heterocycles. The third-order valence-electron chi connectivity index (χ3n) is 7.48. The molecule has 0 aromatic heterocycles. The zero-order valence-electron chi connectivity index (χ0n) is 20.9. The Kier molecular flexibility index (Phi) is 8.86. The number of ether oxygens (including phenoxy) is 1. The van der Waals surface area contributed by atoms with Crippen LogP contribution in [0.15, 0.2) is 48.5 Å². The lowest BCUT2D eigenvalue weighted by molar-refractivity contribution is -0.139. The summed E-state index contributed by atoms with van der Waals surface area (Å²) < 4.78 is 20.1. The number of hydrogen-bond donors (Lipinski definition) is 0. The van der Waals surface area contributed by atoms with Crippen molar-refractivity contribution in [3.63, 3.8) is 0 Å². The van der Waals surface area contributed by atoms with Gasteiger partial charge in [0.2, 0.25) is 11.8 Å². The maximum absolute atomic E-state index is 13.9. The highest BCUT2D eigenvalue weighted by Gasteiger charge is 2.40. The van der Waals surface area contributed by atoms with Crippen LogP contribution in [0.2, 0.25) is 5.02 Å².